The SMILES string of the molecule is CCCC(=O)OC[C@H]1O[C@H](OC(=O)/C=C/C(=O)OC)[C@H](N=O)[C@@H](OC(=O)CCC)[C@@H]1OC(=O)CCC. The number of esters is 5. The molecule has 0 aromatic carbocycles. The summed E-state index contributed by atoms with van der Waals surface area (Å²) in [5.74, 6) is -3.89. The van der Waals surface area contributed by atoms with E-state index in [1.165, 1.54) is 0 Å². The van der Waals surface area contributed by atoms with Gasteiger partial charge in [-0.1, -0.05) is 25.9 Å². The van der Waals surface area contributed by atoms with Gasteiger partial charge in [0.15, 0.2) is 18.2 Å². The third-order valence-corrected chi connectivity index (χ3v) is 4.83. The maximum absolute atomic E-state index is 12.3. The average Bonchev–Trinajstić information content (AvgIpc) is 2.83. The minimum atomic E-state index is -1.72. The van der Waals surface area contributed by atoms with Crippen LogP contribution in [-0.4, -0.2) is 74.2 Å². The van der Waals surface area contributed by atoms with Gasteiger partial charge in [-0.05, 0) is 19.3 Å². The van der Waals surface area contributed by atoms with Crippen molar-refractivity contribution in [1.82, 2.24) is 0 Å². The molecule has 0 unspecified atom stereocenters. The van der Waals surface area contributed by atoms with Crippen LogP contribution in [0.15, 0.2) is 17.3 Å². The van der Waals surface area contributed by atoms with E-state index in [-0.39, 0.29) is 19.3 Å². The summed E-state index contributed by atoms with van der Waals surface area (Å²) in [6.45, 7) is 4.79. The fraction of sp³-hybridized carbons (Fsp3) is 0.696. The first-order valence-electron chi connectivity index (χ1n) is 11.7. The number of nitrogens with zero attached hydrogens (tertiary/aromatic N) is 1. The Morgan fingerprint density at radius 1 is 0.778 bits per heavy atom. The van der Waals surface area contributed by atoms with Crippen molar-refractivity contribution in [3.8, 4) is 0 Å². The molecule has 202 valence electrons. The smallest absolute Gasteiger partial charge is 0.333 e. The van der Waals surface area contributed by atoms with Crippen LogP contribution in [0.5, 0.6) is 0 Å². The van der Waals surface area contributed by atoms with Crippen LogP contribution in [0.3, 0.4) is 0 Å². The quantitative estimate of drug-likeness (QED) is 0.143. The number of methoxy groups -OCH3 is 1. The van der Waals surface area contributed by atoms with Crippen molar-refractivity contribution in [2.75, 3.05) is 13.7 Å². The molecule has 36 heavy (non-hydrogen) atoms. The first-order chi connectivity index (χ1) is 17.2. The van der Waals surface area contributed by atoms with Gasteiger partial charge in [0.1, 0.15) is 12.7 Å². The molecule has 13 heteroatoms. The molecule has 1 aliphatic heterocycles. The highest BCUT2D eigenvalue weighted by molar-refractivity contribution is 5.91. The van der Waals surface area contributed by atoms with E-state index in [9.17, 15) is 28.9 Å². The first-order valence-corrected chi connectivity index (χ1v) is 11.7. The van der Waals surface area contributed by atoms with E-state index >= 15 is 0 Å². The molecule has 0 aliphatic carbocycles. The lowest BCUT2D eigenvalue weighted by Gasteiger charge is -2.42. The molecular weight excluding hydrogens is 482 g/mol. The zero-order chi connectivity index (χ0) is 27.1. The van der Waals surface area contributed by atoms with Crippen LogP contribution in [0, 0.1) is 4.91 Å². The predicted octanol–water partition coefficient (Wildman–Crippen LogP) is 1.89. The van der Waals surface area contributed by atoms with Gasteiger partial charge in [0.25, 0.3) is 0 Å². The molecule has 5 atom stereocenters. The molecule has 0 spiro atoms. The zero-order valence-corrected chi connectivity index (χ0v) is 20.8. The largest absolute Gasteiger partial charge is 0.466 e. The molecule has 1 aliphatic rings. The second-order valence-electron chi connectivity index (χ2n) is 7.77. The molecule has 0 aromatic rings. The van der Waals surface area contributed by atoms with Gasteiger partial charge in [0.2, 0.25) is 6.29 Å². The van der Waals surface area contributed by atoms with Crippen molar-refractivity contribution in [3.63, 3.8) is 0 Å². The molecule has 0 bridgehead atoms. The first kappa shape index (κ1) is 30.7. The standard InChI is InChI=1S/C23H33NO12/c1-5-8-16(26)32-13-14-21(34-17(27)9-6-2)22(35-18(28)10-7-3)20(24-30)23(33-14)36-19(29)12-11-15(25)31-4/h11-12,14,20-23H,5-10,13H2,1-4H3/b12-11+/t14-,20-,21-,22-,23-/m1/s1. The third kappa shape index (κ3) is 10.1. The van der Waals surface area contributed by atoms with Gasteiger partial charge < -0.3 is 28.4 Å². The molecule has 0 saturated carbocycles. The van der Waals surface area contributed by atoms with Crippen molar-refractivity contribution in [1.29, 1.82) is 0 Å². The van der Waals surface area contributed by atoms with Crippen LogP contribution in [0.1, 0.15) is 59.3 Å². The average molecular weight is 516 g/mol. The topological polar surface area (TPSA) is 170 Å². The highest BCUT2D eigenvalue weighted by Gasteiger charge is 2.53. The van der Waals surface area contributed by atoms with Crippen LogP contribution in [-0.2, 0) is 52.4 Å². The Bertz CT molecular complexity index is 811. The highest BCUT2D eigenvalue weighted by Crippen LogP contribution is 2.30. The number of carbonyl (C=O) groups is 5. The fourth-order valence-electron chi connectivity index (χ4n) is 3.15. The van der Waals surface area contributed by atoms with Gasteiger partial charge in [-0.25, -0.2) is 9.59 Å². The summed E-state index contributed by atoms with van der Waals surface area (Å²) >= 11 is 0. The molecule has 13 nitrogen and oxygen atoms in total. The fourth-order valence-corrected chi connectivity index (χ4v) is 3.15. The maximum atomic E-state index is 12.3. The van der Waals surface area contributed by atoms with E-state index in [0.29, 0.717) is 19.3 Å². The van der Waals surface area contributed by atoms with E-state index in [2.05, 4.69) is 9.91 Å². The van der Waals surface area contributed by atoms with Crippen LogP contribution < -0.4 is 0 Å². The van der Waals surface area contributed by atoms with Gasteiger partial charge in [0, 0.05) is 31.4 Å². The second kappa shape index (κ2) is 16.3. The summed E-state index contributed by atoms with van der Waals surface area (Å²) in [6, 6.07) is -1.64. The zero-order valence-electron chi connectivity index (χ0n) is 20.8. The lowest BCUT2D eigenvalue weighted by molar-refractivity contribution is -0.267. The summed E-state index contributed by atoms with van der Waals surface area (Å²) in [7, 11) is 1.11. The minimum Gasteiger partial charge on any atom is -0.466 e. The van der Waals surface area contributed by atoms with Crippen molar-refractivity contribution >= 4 is 29.8 Å². The molecule has 0 aromatic heterocycles. The Morgan fingerprint density at radius 2 is 1.31 bits per heavy atom. The summed E-state index contributed by atoms with van der Waals surface area (Å²) in [5, 5.41) is 2.91. The number of ether oxygens (including phenoxy) is 6. The van der Waals surface area contributed by atoms with Crippen LogP contribution in [0.4, 0.5) is 0 Å². The summed E-state index contributed by atoms with van der Waals surface area (Å²) < 4.78 is 31.2. The van der Waals surface area contributed by atoms with Crippen LogP contribution >= 0.6 is 0 Å². The number of carbonyl (C=O) groups excluding carboxylic acids is 5. The molecule has 0 radical (unpaired) electrons. The van der Waals surface area contributed by atoms with Crippen molar-refractivity contribution < 1.29 is 52.4 Å². The number of hydrogen-bond donors (Lipinski definition) is 0. The lowest BCUT2D eigenvalue weighted by atomic mass is 9.96. The summed E-state index contributed by atoms with van der Waals surface area (Å²) in [6.07, 6.45) is -2.86. The third-order valence-electron chi connectivity index (χ3n) is 4.83. The molecule has 1 heterocycles. The van der Waals surface area contributed by atoms with Gasteiger partial charge >= 0.3 is 29.8 Å². The second-order valence-corrected chi connectivity index (χ2v) is 7.77. The monoisotopic (exact) mass is 515 g/mol. The maximum Gasteiger partial charge on any atom is 0.333 e. The lowest BCUT2D eigenvalue weighted by Crippen LogP contribution is -2.61. The number of nitroso groups, excluding NO2 is 1. The van der Waals surface area contributed by atoms with Gasteiger partial charge in [-0.2, -0.15) is 4.91 Å². The van der Waals surface area contributed by atoms with E-state index in [1.807, 2.05) is 0 Å². The normalized spacial score (nSPS) is 23.4. The molecule has 0 amide bonds. The van der Waals surface area contributed by atoms with E-state index < -0.39 is 67.1 Å². The summed E-state index contributed by atoms with van der Waals surface area (Å²) in [5.41, 5.74) is 0. The molecular formula is C23H33NO12. The van der Waals surface area contributed by atoms with Crippen molar-refractivity contribution in [3.05, 3.63) is 17.1 Å². The van der Waals surface area contributed by atoms with Crippen molar-refractivity contribution in [2.45, 2.75) is 89.9 Å². The number of hydrogen-bond acceptors (Lipinski definition) is 13. The van der Waals surface area contributed by atoms with E-state index in [0.717, 1.165) is 19.3 Å². The number of rotatable bonds is 14. The van der Waals surface area contributed by atoms with Crippen LogP contribution in [0.2, 0.25) is 0 Å². The Morgan fingerprint density at radius 3 is 1.83 bits per heavy atom. The molecule has 0 N–H and O–H groups in total. The predicted molar refractivity (Wildman–Crippen MR) is 121 cm³/mol. The molecule has 1 fully saturated rings. The molecule has 1 saturated heterocycles. The van der Waals surface area contributed by atoms with Gasteiger partial charge in [-0.3, -0.25) is 14.4 Å². The Hall–Kier alpha value is -3.35. The Labute approximate surface area is 208 Å². The van der Waals surface area contributed by atoms with Gasteiger partial charge in [0.05, 0.1) is 7.11 Å². The van der Waals surface area contributed by atoms with E-state index in [4.69, 9.17) is 23.7 Å². The van der Waals surface area contributed by atoms with E-state index in [1.54, 1.807) is 20.8 Å². The van der Waals surface area contributed by atoms with Crippen LogP contribution in [0.25, 0.3) is 0 Å². The van der Waals surface area contributed by atoms with Crippen molar-refractivity contribution in [2.24, 2.45) is 5.18 Å². The Kier molecular flexibility index (Phi) is 13.9. The summed E-state index contributed by atoms with van der Waals surface area (Å²) in [4.78, 5) is 71.8. The minimum absolute atomic E-state index is 0.0129. The Balaban J connectivity index is 3.31. The highest BCUT2D eigenvalue weighted by atomic mass is 16.7. The van der Waals surface area contributed by atoms with Gasteiger partial charge in [-0.15, -0.1) is 0 Å². The molecule has 1 rings (SSSR count).